The lowest BCUT2D eigenvalue weighted by Crippen LogP contribution is -2.43. The highest BCUT2D eigenvalue weighted by Gasteiger charge is 2.34. The van der Waals surface area contributed by atoms with Crippen LogP contribution in [0.3, 0.4) is 0 Å². The van der Waals surface area contributed by atoms with Crippen molar-refractivity contribution in [3.8, 4) is 11.1 Å². The molecule has 8 nitrogen and oxygen atoms in total. The summed E-state index contributed by atoms with van der Waals surface area (Å²) in [6.45, 7) is 4.68. The number of piperidine rings is 1. The van der Waals surface area contributed by atoms with Gasteiger partial charge in [-0.05, 0) is 65.4 Å². The Hall–Kier alpha value is -4.46. The van der Waals surface area contributed by atoms with Crippen molar-refractivity contribution >= 4 is 34.4 Å². The number of rotatable bonds is 6. The third-order valence-corrected chi connectivity index (χ3v) is 7.90. The van der Waals surface area contributed by atoms with Crippen molar-refractivity contribution in [2.45, 2.75) is 32.7 Å². The second kappa shape index (κ2) is 11.0. The van der Waals surface area contributed by atoms with Crippen LogP contribution in [0.2, 0.25) is 0 Å². The maximum Gasteiger partial charge on any atom is 0.253 e. The number of carbonyl (C=O) groups is 3. The number of amides is 3. The molecule has 40 heavy (non-hydrogen) atoms. The fourth-order valence-electron chi connectivity index (χ4n) is 5.67. The van der Waals surface area contributed by atoms with Gasteiger partial charge in [0.15, 0.2) is 0 Å². The molecular weight excluding hydrogens is 502 g/mol. The van der Waals surface area contributed by atoms with Gasteiger partial charge < -0.3 is 19.7 Å². The summed E-state index contributed by atoms with van der Waals surface area (Å²) in [5.74, 6) is -0.0334. The number of nitrogens with zero attached hydrogens (tertiary/aromatic N) is 4. The Kier molecular flexibility index (Phi) is 7.43. The van der Waals surface area contributed by atoms with E-state index in [1.54, 1.807) is 25.2 Å². The van der Waals surface area contributed by atoms with Gasteiger partial charge in [-0.25, -0.2) is 4.98 Å². The Labute approximate surface area is 234 Å². The van der Waals surface area contributed by atoms with Crippen molar-refractivity contribution in [3.63, 3.8) is 0 Å². The molecule has 1 saturated heterocycles. The van der Waals surface area contributed by atoms with E-state index in [2.05, 4.69) is 20.9 Å². The van der Waals surface area contributed by atoms with Gasteiger partial charge in [0, 0.05) is 69.1 Å². The molecule has 0 spiro atoms. The maximum absolute atomic E-state index is 13.5. The molecule has 2 atom stereocenters. The van der Waals surface area contributed by atoms with Crippen molar-refractivity contribution in [1.82, 2.24) is 19.4 Å². The van der Waals surface area contributed by atoms with E-state index in [9.17, 15) is 14.4 Å². The molecule has 3 amide bonds. The summed E-state index contributed by atoms with van der Waals surface area (Å²) in [4.78, 5) is 45.3. The highest BCUT2D eigenvalue weighted by atomic mass is 16.2. The van der Waals surface area contributed by atoms with E-state index in [0.717, 1.165) is 45.5 Å². The Balaban J connectivity index is 1.34. The summed E-state index contributed by atoms with van der Waals surface area (Å²) in [6, 6.07) is 19.6. The number of pyridine rings is 1. The van der Waals surface area contributed by atoms with Crippen LogP contribution < -0.4 is 5.32 Å². The number of aryl methyl sites for hydroxylation is 1. The van der Waals surface area contributed by atoms with Crippen molar-refractivity contribution < 1.29 is 14.4 Å². The van der Waals surface area contributed by atoms with E-state index in [4.69, 9.17) is 0 Å². The van der Waals surface area contributed by atoms with Crippen LogP contribution in [0.1, 0.15) is 47.8 Å². The van der Waals surface area contributed by atoms with Crippen LogP contribution in [0.4, 0.5) is 5.69 Å². The van der Waals surface area contributed by atoms with Gasteiger partial charge in [0.25, 0.3) is 5.91 Å². The molecule has 0 radical (unpaired) electrons. The third kappa shape index (κ3) is 5.21. The fourth-order valence-corrected chi connectivity index (χ4v) is 5.67. The van der Waals surface area contributed by atoms with Gasteiger partial charge in [-0.2, -0.15) is 0 Å². The van der Waals surface area contributed by atoms with E-state index in [-0.39, 0.29) is 29.6 Å². The highest BCUT2D eigenvalue weighted by Crippen LogP contribution is 2.36. The molecule has 1 N–H and O–H groups in total. The minimum atomic E-state index is -0.158. The molecule has 1 aliphatic heterocycles. The molecule has 5 rings (SSSR count). The number of carbonyl (C=O) groups excluding carboxylic acids is 3. The first-order valence-corrected chi connectivity index (χ1v) is 13.6. The molecule has 2 aromatic carbocycles. The summed E-state index contributed by atoms with van der Waals surface area (Å²) in [6.07, 6.45) is 2.67. The number of benzene rings is 2. The molecule has 0 aliphatic carbocycles. The number of nitrogens with one attached hydrogen (secondary N) is 1. The standard InChI is InChI=1S/C32H35N5O3/c1-20-27(22-6-8-24(9-7-22)32(40)35(3)4)15-17-37(31(20)39)19-26-18-29-28(14-16-33-30(29)36(26)5)23-10-12-25(13-11-23)34-21(2)38/h6-14,16,18,20,27H,15,17,19H2,1-5H3,(H,34,38)/t20-,27+/m0/s1. The predicted molar refractivity (Wildman–Crippen MR) is 157 cm³/mol. The molecule has 0 saturated carbocycles. The van der Waals surface area contributed by atoms with Crippen molar-refractivity contribution in [2.75, 3.05) is 26.0 Å². The zero-order valence-corrected chi connectivity index (χ0v) is 23.6. The average Bonchev–Trinajstić information content (AvgIpc) is 3.26. The van der Waals surface area contributed by atoms with E-state index in [1.807, 2.05) is 73.5 Å². The monoisotopic (exact) mass is 537 g/mol. The first-order chi connectivity index (χ1) is 19.1. The summed E-state index contributed by atoms with van der Waals surface area (Å²) >= 11 is 0. The number of hydrogen-bond acceptors (Lipinski definition) is 4. The maximum atomic E-state index is 13.5. The average molecular weight is 538 g/mol. The summed E-state index contributed by atoms with van der Waals surface area (Å²) in [7, 11) is 5.48. The first-order valence-electron chi connectivity index (χ1n) is 13.6. The quantitative estimate of drug-likeness (QED) is 0.373. The molecule has 0 unspecified atom stereocenters. The normalized spacial score (nSPS) is 17.2. The van der Waals surface area contributed by atoms with Crippen LogP contribution in [-0.2, 0) is 23.2 Å². The number of hydrogen-bond donors (Lipinski definition) is 1. The number of aromatic nitrogens is 2. The first kappa shape index (κ1) is 27.1. The van der Waals surface area contributed by atoms with Crippen LogP contribution in [0.5, 0.6) is 0 Å². The minimum Gasteiger partial charge on any atom is -0.345 e. The van der Waals surface area contributed by atoms with Gasteiger partial charge in [-0.1, -0.05) is 31.2 Å². The molecule has 1 aliphatic rings. The number of likely N-dealkylation sites (tertiary alicyclic amines) is 1. The molecule has 1 fully saturated rings. The van der Waals surface area contributed by atoms with Crippen LogP contribution in [0, 0.1) is 5.92 Å². The minimum absolute atomic E-state index is 0.0277. The molecule has 3 heterocycles. The van der Waals surface area contributed by atoms with Gasteiger partial charge >= 0.3 is 0 Å². The Morgan fingerprint density at radius 3 is 2.40 bits per heavy atom. The topological polar surface area (TPSA) is 87.5 Å². The second-order valence-electron chi connectivity index (χ2n) is 10.8. The van der Waals surface area contributed by atoms with Crippen molar-refractivity contribution in [1.29, 1.82) is 0 Å². The van der Waals surface area contributed by atoms with Gasteiger partial charge in [-0.15, -0.1) is 0 Å². The van der Waals surface area contributed by atoms with Crippen LogP contribution >= 0.6 is 0 Å². The van der Waals surface area contributed by atoms with E-state index >= 15 is 0 Å². The number of fused-ring (bicyclic) bond motifs is 1. The highest BCUT2D eigenvalue weighted by molar-refractivity contribution is 5.95. The number of anilines is 1. The molecule has 2 aromatic heterocycles. The second-order valence-corrected chi connectivity index (χ2v) is 10.8. The summed E-state index contributed by atoms with van der Waals surface area (Å²) < 4.78 is 2.06. The van der Waals surface area contributed by atoms with Gasteiger partial charge in [-0.3, -0.25) is 14.4 Å². The Bertz CT molecular complexity index is 1570. The summed E-state index contributed by atoms with van der Waals surface area (Å²) in [5, 5.41) is 3.83. The van der Waals surface area contributed by atoms with Gasteiger partial charge in [0.2, 0.25) is 11.8 Å². The fraction of sp³-hybridized carbons (Fsp3) is 0.312. The zero-order chi connectivity index (χ0) is 28.6. The van der Waals surface area contributed by atoms with Gasteiger partial charge in [0.05, 0.1) is 6.54 Å². The summed E-state index contributed by atoms with van der Waals surface area (Å²) in [5.41, 5.74) is 6.47. The molecule has 0 bridgehead atoms. The van der Waals surface area contributed by atoms with E-state index < -0.39 is 0 Å². The Morgan fingerprint density at radius 1 is 1.05 bits per heavy atom. The molecule has 8 heteroatoms. The largest absolute Gasteiger partial charge is 0.345 e. The van der Waals surface area contributed by atoms with Gasteiger partial charge in [0.1, 0.15) is 5.65 Å². The predicted octanol–water partition coefficient (Wildman–Crippen LogP) is 5.05. The molecule has 4 aromatic rings. The molecule has 206 valence electrons. The zero-order valence-electron chi connectivity index (χ0n) is 23.6. The van der Waals surface area contributed by atoms with E-state index in [0.29, 0.717) is 18.7 Å². The molecular formula is C32H35N5O3. The van der Waals surface area contributed by atoms with Crippen LogP contribution in [0.15, 0.2) is 66.9 Å². The SMILES string of the molecule is CC(=O)Nc1ccc(-c2ccnc3c2cc(CN2CC[C@@H](c4ccc(C(=O)N(C)C)cc4)[C@H](C)C2=O)n3C)cc1. The third-order valence-electron chi connectivity index (χ3n) is 7.90. The Morgan fingerprint density at radius 2 is 1.75 bits per heavy atom. The lowest BCUT2D eigenvalue weighted by molar-refractivity contribution is -0.139. The van der Waals surface area contributed by atoms with Crippen molar-refractivity contribution in [3.05, 3.63) is 83.7 Å². The lowest BCUT2D eigenvalue weighted by atomic mass is 9.80. The van der Waals surface area contributed by atoms with Crippen molar-refractivity contribution in [2.24, 2.45) is 13.0 Å². The van der Waals surface area contributed by atoms with Crippen LogP contribution in [0.25, 0.3) is 22.2 Å². The van der Waals surface area contributed by atoms with E-state index in [1.165, 1.54) is 6.92 Å². The van der Waals surface area contributed by atoms with Crippen LogP contribution in [-0.4, -0.2) is 57.7 Å². The smallest absolute Gasteiger partial charge is 0.253 e. The lowest BCUT2D eigenvalue weighted by Gasteiger charge is -2.36.